The van der Waals surface area contributed by atoms with E-state index in [4.69, 9.17) is 14.7 Å². The minimum atomic E-state index is -0.563. The first-order valence-electron chi connectivity index (χ1n) is 8.75. The molecule has 0 radical (unpaired) electrons. The van der Waals surface area contributed by atoms with Crippen LogP contribution in [0.3, 0.4) is 0 Å². The van der Waals surface area contributed by atoms with Crippen LogP contribution < -0.4 is 15.0 Å². The van der Waals surface area contributed by atoms with Crippen molar-refractivity contribution in [1.82, 2.24) is 5.48 Å². The SMILES string of the molecule is CCCCCCOc1ccc(OC(C)/C=C(C)/C=C/C(=O)NO)cc1. The Morgan fingerprint density at radius 1 is 1.16 bits per heavy atom. The van der Waals surface area contributed by atoms with Crippen molar-refractivity contribution >= 4 is 5.91 Å². The second kappa shape index (κ2) is 12.1. The lowest BCUT2D eigenvalue weighted by Crippen LogP contribution is -2.15. The monoisotopic (exact) mass is 347 g/mol. The first-order valence-corrected chi connectivity index (χ1v) is 8.75. The van der Waals surface area contributed by atoms with E-state index in [1.54, 1.807) is 11.6 Å². The minimum absolute atomic E-state index is 0.150. The van der Waals surface area contributed by atoms with Gasteiger partial charge in [0, 0.05) is 6.08 Å². The number of carbonyl (C=O) groups excluding carboxylic acids is 1. The average molecular weight is 347 g/mol. The molecule has 25 heavy (non-hydrogen) atoms. The zero-order valence-corrected chi connectivity index (χ0v) is 15.3. The van der Waals surface area contributed by atoms with Crippen LogP contribution in [0.1, 0.15) is 46.5 Å². The van der Waals surface area contributed by atoms with E-state index in [0.717, 1.165) is 30.1 Å². The van der Waals surface area contributed by atoms with Crippen molar-refractivity contribution in [3.63, 3.8) is 0 Å². The van der Waals surface area contributed by atoms with Crippen LogP contribution in [0.4, 0.5) is 0 Å². The van der Waals surface area contributed by atoms with Crippen LogP contribution in [-0.4, -0.2) is 23.8 Å². The maximum atomic E-state index is 10.9. The fourth-order valence-electron chi connectivity index (χ4n) is 2.25. The number of hydrogen-bond acceptors (Lipinski definition) is 4. The molecule has 0 spiro atoms. The van der Waals surface area contributed by atoms with Gasteiger partial charge in [0.1, 0.15) is 17.6 Å². The number of allylic oxidation sites excluding steroid dienone is 2. The fourth-order valence-corrected chi connectivity index (χ4v) is 2.25. The van der Waals surface area contributed by atoms with Gasteiger partial charge >= 0.3 is 0 Å². The Labute approximate surface area is 150 Å². The molecule has 0 aliphatic rings. The summed E-state index contributed by atoms with van der Waals surface area (Å²) in [7, 11) is 0. The first-order chi connectivity index (χ1) is 12.0. The second-order valence-electron chi connectivity index (χ2n) is 5.92. The van der Waals surface area contributed by atoms with Crippen molar-refractivity contribution in [3.05, 3.63) is 48.1 Å². The number of nitrogens with one attached hydrogen (secondary N) is 1. The van der Waals surface area contributed by atoms with E-state index in [0.29, 0.717) is 0 Å². The summed E-state index contributed by atoms with van der Waals surface area (Å²) in [5.74, 6) is 1.04. The van der Waals surface area contributed by atoms with E-state index in [9.17, 15) is 4.79 Å². The van der Waals surface area contributed by atoms with Crippen LogP contribution in [0.25, 0.3) is 0 Å². The fraction of sp³-hybridized carbons (Fsp3) is 0.450. The largest absolute Gasteiger partial charge is 0.494 e. The highest BCUT2D eigenvalue weighted by Gasteiger charge is 2.02. The summed E-state index contributed by atoms with van der Waals surface area (Å²) in [6, 6.07) is 7.58. The van der Waals surface area contributed by atoms with Gasteiger partial charge in [-0.2, -0.15) is 0 Å². The summed E-state index contributed by atoms with van der Waals surface area (Å²) < 4.78 is 11.5. The second-order valence-corrected chi connectivity index (χ2v) is 5.92. The van der Waals surface area contributed by atoms with Gasteiger partial charge in [-0.15, -0.1) is 0 Å². The van der Waals surface area contributed by atoms with Crippen LogP contribution >= 0.6 is 0 Å². The Kier molecular flexibility index (Phi) is 10.1. The maximum absolute atomic E-state index is 10.9. The summed E-state index contributed by atoms with van der Waals surface area (Å²) in [6.07, 6.45) is 9.36. The Morgan fingerprint density at radius 2 is 1.84 bits per heavy atom. The Bertz CT molecular complexity index is 564. The maximum Gasteiger partial charge on any atom is 0.267 e. The van der Waals surface area contributed by atoms with Crippen LogP contribution in [0, 0.1) is 0 Å². The summed E-state index contributed by atoms with van der Waals surface area (Å²) in [5.41, 5.74) is 2.41. The Balaban J connectivity index is 2.43. The van der Waals surface area contributed by atoms with Crippen LogP contribution in [0.5, 0.6) is 11.5 Å². The van der Waals surface area contributed by atoms with Gasteiger partial charge in [-0.1, -0.05) is 37.8 Å². The topological polar surface area (TPSA) is 67.8 Å². The van der Waals surface area contributed by atoms with Gasteiger partial charge in [0.05, 0.1) is 6.61 Å². The molecule has 2 N–H and O–H groups in total. The van der Waals surface area contributed by atoms with Gasteiger partial charge < -0.3 is 9.47 Å². The lowest BCUT2D eigenvalue weighted by Gasteiger charge is -2.12. The van der Waals surface area contributed by atoms with Crippen molar-refractivity contribution in [2.45, 2.75) is 52.6 Å². The third-order valence-corrected chi connectivity index (χ3v) is 3.52. The predicted octanol–water partition coefficient (Wildman–Crippen LogP) is 4.42. The molecule has 0 aliphatic carbocycles. The Hall–Kier alpha value is -2.27. The quantitative estimate of drug-likeness (QED) is 0.204. The molecule has 5 heteroatoms. The zero-order valence-electron chi connectivity index (χ0n) is 15.3. The molecule has 0 bridgehead atoms. The molecule has 1 aromatic rings. The third kappa shape index (κ3) is 9.57. The molecule has 0 saturated carbocycles. The molecule has 1 amide bonds. The van der Waals surface area contributed by atoms with Gasteiger partial charge in [-0.3, -0.25) is 10.0 Å². The molecule has 0 heterocycles. The molecule has 0 aliphatic heterocycles. The minimum Gasteiger partial charge on any atom is -0.494 e. The number of unbranched alkanes of at least 4 members (excludes halogenated alkanes) is 3. The number of benzene rings is 1. The van der Waals surface area contributed by atoms with Crippen molar-refractivity contribution in [2.75, 3.05) is 6.61 Å². The first kappa shape index (κ1) is 20.8. The van der Waals surface area contributed by atoms with Gasteiger partial charge in [0.2, 0.25) is 0 Å². The normalized spacial score (nSPS) is 12.9. The molecule has 0 fully saturated rings. The van der Waals surface area contributed by atoms with Crippen LogP contribution in [0.15, 0.2) is 48.1 Å². The molecule has 1 atom stereocenters. The van der Waals surface area contributed by atoms with Crippen molar-refractivity contribution < 1.29 is 19.5 Å². The summed E-state index contributed by atoms with van der Waals surface area (Å²) >= 11 is 0. The lowest BCUT2D eigenvalue weighted by atomic mass is 10.2. The molecule has 0 aromatic heterocycles. The molecular formula is C20H29NO4. The van der Waals surface area contributed by atoms with E-state index < -0.39 is 5.91 Å². The van der Waals surface area contributed by atoms with Gasteiger partial charge in [0.15, 0.2) is 0 Å². The van der Waals surface area contributed by atoms with E-state index >= 15 is 0 Å². The summed E-state index contributed by atoms with van der Waals surface area (Å²) in [5, 5.41) is 8.43. The van der Waals surface area contributed by atoms with Crippen LogP contribution in [-0.2, 0) is 4.79 Å². The van der Waals surface area contributed by atoms with E-state index in [-0.39, 0.29) is 6.10 Å². The number of rotatable bonds is 11. The number of hydroxylamine groups is 1. The molecule has 5 nitrogen and oxygen atoms in total. The number of carbonyl (C=O) groups is 1. The molecule has 1 unspecified atom stereocenters. The van der Waals surface area contributed by atoms with Gasteiger partial charge in [0.25, 0.3) is 5.91 Å². The average Bonchev–Trinajstić information content (AvgIpc) is 2.60. The predicted molar refractivity (Wildman–Crippen MR) is 99.0 cm³/mol. The van der Waals surface area contributed by atoms with E-state index in [1.165, 1.54) is 25.3 Å². The number of amides is 1. The van der Waals surface area contributed by atoms with Gasteiger partial charge in [-0.25, -0.2) is 5.48 Å². The standard InChI is InChI=1S/C20H29NO4/c1-4-5-6-7-14-24-18-9-11-19(12-10-18)25-17(3)15-16(2)8-13-20(22)21-23/h8-13,15,17,23H,4-7,14H2,1-3H3,(H,21,22)/b13-8+,16-15+. The molecular weight excluding hydrogens is 318 g/mol. The molecule has 0 saturated heterocycles. The smallest absolute Gasteiger partial charge is 0.267 e. The molecule has 1 rings (SSSR count). The van der Waals surface area contributed by atoms with Crippen molar-refractivity contribution in [1.29, 1.82) is 0 Å². The lowest BCUT2D eigenvalue weighted by molar-refractivity contribution is -0.124. The van der Waals surface area contributed by atoms with E-state index in [1.807, 2.05) is 44.2 Å². The molecule has 1 aromatic carbocycles. The molecule has 138 valence electrons. The number of ether oxygens (including phenoxy) is 2. The zero-order chi connectivity index (χ0) is 18.5. The summed E-state index contributed by atoms with van der Waals surface area (Å²) in [6.45, 7) is 6.71. The summed E-state index contributed by atoms with van der Waals surface area (Å²) in [4.78, 5) is 10.9. The number of hydrogen-bond donors (Lipinski definition) is 2. The highest BCUT2D eigenvalue weighted by Crippen LogP contribution is 2.19. The van der Waals surface area contributed by atoms with Crippen molar-refractivity contribution in [3.8, 4) is 11.5 Å². The van der Waals surface area contributed by atoms with Crippen molar-refractivity contribution in [2.24, 2.45) is 0 Å². The van der Waals surface area contributed by atoms with Gasteiger partial charge in [-0.05, 0) is 50.6 Å². The van der Waals surface area contributed by atoms with Crippen LogP contribution in [0.2, 0.25) is 0 Å². The highest BCUT2D eigenvalue weighted by molar-refractivity contribution is 5.86. The third-order valence-electron chi connectivity index (χ3n) is 3.52. The Morgan fingerprint density at radius 3 is 2.48 bits per heavy atom. The highest BCUT2D eigenvalue weighted by atomic mass is 16.5. The van der Waals surface area contributed by atoms with E-state index in [2.05, 4.69) is 6.92 Å².